The van der Waals surface area contributed by atoms with Gasteiger partial charge in [-0.25, -0.2) is 9.48 Å². The lowest BCUT2D eigenvalue weighted by Crippen LogP contribution is -2.70. The molecular formula is C16H17N9O6S2. The van der Waals surface area contributed by atoms with Crippen molar-refractivity contribution in [1.82, 2.24) is 40.2 Å². The number of nitrogens with zero attached hydrogens (tertiary/aromatic N) is 8. The maximum Gasteiger partial charge on any atom is 0.352 e. The second-order valence-electron chi connectivity index (χ2n) is 6.97. The van der Waals surface area contributed by atoms with Gasteiger partial charge in [-0.15, -0.1) is 16.9 Å². The SMILES string of the molecule is CCn1cc([N+](=O)[O-])c(C(=O)N[C@@H]2C(=O)N3C(C(=O)O)=C(CSc4nnnn4C)CS[C@H]23)n1. The van der Waals surface area contributed by atoms with Gasteiger partial charge < -0.3 is 10.4 Å². The Kier molecular flexibility index (Phi) is 6.07. The highest BCUT2D eigenvalue weighted by atomic mass is 32.2. The molecule has 2 atom stereocenters. The fourth-order valence-electron chi connectivity index (χ4n) is 3.37. The highest BCUT2D eigenvalue weighted by Gasteiger charge is 2.54. The third-order valence-electron chi connectivity index (χ3n) is 4.97. The average Bonchev–Trinajstić information content (AvgIpc) is 3.41. The first-order valence-electron chi connectivity index (χ1n) is 9.50. The summed E-state index contributed by atoms with van der Waals surface area (Å²) in [6, 6.07) is -1.03. The number of amides is 2. The second-order valence-corrected chi connectivity index (χ2v) is 9.02. The zero-order chi connectivity index (χ0) is 23.9. The van der Waals surface area contributed by atoms with Gasteiger partial charge in [0.25, 0.3) is 11.8 Å². The molecule has 2 aliphatic rings. The minimum atomic E-state index is -1.26. The predicted octanol–water partition coefficient (Wildman–Crippen LogP) is -0.521. The molecule has 2 aromatic rings. The highest BCUT2D eigenvalue weighted by Crippen LogP contribution is 2.41. The van der Waals surface area contributed by atoms with Crippen molar-refractivity contribution in [1.29, 1.82) is 0 Å². The maximum atomic E-state index is 12.8. The van der Waals surface area contributed by atoms with Crippen molar-refractivity contribution >= 4 is 47.0 Å². The fourth-order valence-corrected chi connectivity index (χ4v) is 5.70. The van der Waals surface area contributed by atoms with Crippen molar-refractivity contribution in [2.75, 3.05) is 11.5 Å². The van der Waals surface area contributed by atoms with E-state index < -0.39 is 45.5 Å². The predicted molar refractivity (Wildman–Crippen MR) is 113 cm³/mol. The number of carbonyl (C=O) groups excluding carboxylic acids is 2. The van der Waals surface area contributed by atoms with Crippen LogP contribution in [0.25, 0.3) is 0 Å². The molecule has 2 aliphatic heterocycles. The summed E-state index contributed by atoms with van der Waals surface area (Å²) in [5.74, 6) is -2.17. The largest absolute Gasteiger partial charge is 0.477 e. The van der Waals surface area contributed by atoms with E-state index in [0.717, 1.165) is 11.1 Å². The van der Waals surface area contributed by atoms with Crippen LogP contribution in [0.15, 0.2) is 22.6 Å². The molecule has 33 heavy (non-hydrogen) atoms. The van der Waals surface area contributed by atoms with Gasteiger partial charge >= 0.3 is 11.7 Å². The number of carbonyl (C=O) groups is 3. The van der Waals surface area contributed by atoms with E-state index in [-0.39, 0.29) is 11.4 Å². The monoisotopic (exact) mass is 495 g/mol. The summed E-state index contributed by atoms with van der Waals surface area (Å²) < 4.78 is 2.70. The number of fused-ring (bicyclic) bond motifs is 1. The van der Waals surface area contributed by atoms with Crippen LogP contribution < -0.4 is 5.32 Å². The Morgan fingerprint density at radius 1 is 1.45 bits per heavy atom. The zero-order valence-electron chi connectivity index (χ0n) is 17.2. The van der Waals surface area contributed by atoms with Crippen molar-refractivity contribution in [2.24, 2.45) is 7.05 Å². The van der Waals surface area contributed by atoms with Gasteiger partial charge in [0.1, 0.15) is 23.3 Å². The highest BCUT2D eigenvalue weighted by molar-refractivity contribution is 8.01. The number of nitro groups is 1. The molecule has 0 radical (unpaired) electrons. The van der Waals surface area contributed by atoms with Crippen LogP contribution in [0.2, 0.25) is 0 Å². The molecule has 15 nitrogen and oxygen atoms in total. The number of hydrogen-bond donors (Lipinski definition) is 2. The molecule has 4 rings (SSSR count). The van der Waals surface area contributed by atoms with Gasteiger partial charge in [0.15, 0.2) is 0 Å². The summed E-state index contributed by atoms with van der Waals surface area (Å²) >= 11 is 2.53. The van der Waals surface area contributed by atoms with Crippen LogP contribution in [-0.4, -0.2) is 85.6 Å². The Morgan fingerprint density at radius 3 is 2.82 bits per heavy atom. The number of nitrogens with one attached hydrogen (secondary N) is 1. The molecule has 0 spiro atoms. The first-order chi connectivity index (χ1) is 15.7. The van der Waals surface area contributed by atoms with Crippen molar-refractivity contribution in [3.63, 3.8) is 0 Å². The minimum absolute atomic E-state index is 0.141. The van der Waals surface area contributed by atoms with E-state index in [0.29, 0.717) is 23.0 Å². The lowest BCUT2D eigenvalue weighted by molar-refractivity contribution is -0.385. The molecule has 0 bridgehead atoms. The van der Waals surface area contributed by atoms with Gasteiger partial charge in [0.05, 0.1) is 4.92 Å². The summed E-state index contributed by atoms with van der Waals surface area (Å²) in [7, 11) is 1.65. The van der Waals surface area contributed by atoms with Crippen LogP contribution in [0.4, 0.5) is 5.69 Å². The van der Waals surface area contributed by atoms with Crippen LogP contribution in [0.5, 0.6) is 0 Å². The number of aliphatic carboxylic acids is 1. The van der Waals surface area contributed by atoms with E-state index in [1.807, 2.05) is 0 Å². The molecule has 2 amide bonds. The number of aromatic nitrogens is 6. The lowest BCUT2D eigenvalue weighted by atomic mass is 10.0. The van der Waals surface area contributed by atoms with E-state index in [9.17, 15) is 29.6 Å². The van der Waals surface area contributed by atoms with E-state index in [1.54, 1.807) is 14.0 Å². The minimum Gasteiger partial charge on any atom is -0.477 e. The summed E-state index contributed by atoms with van der Waals surface area (Å²) in [5, 5.41) is 38.3. The molecule has 0 unspecified atom stereocenters. The Bertz CT molecular complexity index is 1190. The number of carboxylic acid groups (broad SMARTS) is 1. The lowest BCUT2D eigenvalue weighted by Gasteiger charge is -2.49. The number of hydrogen-bond acceptors (Lipinski definition) is 11. The van der Waals surface area contributed by atoms with Gasteiger partial charge in [-0.1, -0.05) is 11.8 Å². The third kappa shape index (κ3) is 4.04. The molecule has 174 valence electrons. The number of carboxylic acids is 1. The van der Waals surface area contributed by atoms with Gasteiger partial charge in [0.2, 0.25) is 10.9 Å². The van der Waals surface area contributed by atoms with Crippen LogP contribution in [0.1, 0.15) is 17.4 Å². The molecule has 2 N–H and O–H groups in total. The standard InChI is InChI=1S/C16H17N9O6S2/c1-3-23-4-8(25(30)31)9(19-23)12(26)17-10-13(27)24-11(15(28)29)7(5-32-14(10)24)6-33-16-18-20-21-22(16)2/h4,10,14H,3,5-6H2,1-2H3,(H,17,26)(H,28,29)/t10-,14-/m1/s1. The molecule has 0 aliphatic carbocycles. The van der Waals surface area contributed by atoms with E-state index in [1.165, 1.54) is 32.9 Å². The molecule has 0 aromatic carbocycles. The summed E-state index contributed by atoms with van der Waals surface area (Å²) in [6.07, 6.45) is 1.14. The molecule has 1 fully saturated rings. The van der Waals surface area contributed by atoms with Gasteiger partial charge in [-0.2, -0.15) is 5.10 Å². The van der Waals surface area contributed by atoms with E-state index >= 15 is 0 Å². The van der Waals surface area contributed by atoms with Gasteiger partial charge in [-0.3, -0.25) is 29.3 Å². The van der Waals surface area contributed by atoms with E-state index in [4.69, 9.17) is 0 Å². The summed E-state index contributed by atoms with van der Waals surface area (Å²) in [6.45, 7) is 2.03. The summed E-state index contributed by atoms with van der Waals surface area (Å²) in [4.78, 5) is 49.0. The van der Waals surface area contributed by atoms with Crippen molar-refractivity contribution < 1.29 is 24.4 Å². The Balaban J connectivity index is 1.51. The Morgan fingerprint density at radius 2 is 2.21 bits per heavy atom. The number of thioether (sulfide) groups is 2. The first-order valence-corrected chi connectivity index (χ1v) is 11.5. The van der Waals surface area contributed by atoms with Gasteiger partial charge in [0, 0.05) is 25.1 Å². The topological polar surface area (TPSA) is 191 Å². The quantitative estimate of drug-likeness (QED) is 0.206. The number of aryl methyl sites for hydroxylation is 2. The average molecular weight is 496 g/mol. The smallest absolute Gasteiger partial charge is 0.352 e. The van der Waals surface area contributed by atoms with Crippen LogP contribution in [0.3, 0.4) is 0 Å². The summed E-state index contributed by atoms with van der Waals surface area (Å²) in [5.41, 5.74) is -0.499. The van der Waals surface area contributed by atoms with Crippen LogP contribution >= 0.6 is 23.5 Å². The molecular weight excluding hydrogens is 478 g/mol. The van der Waals surface area contributed by atoms with Crippen molar-refractivity contribution in [3.8, 4) is 0 Å². The third-order valence-corrected chi connectivity index (χ3v) is 7.41. The van der Waals surface area contributed by atoms with Crippen LogP contribution in [0, 0.1) is 10.1 Å². The number of tetrazole rings is 1. The van der Waals surface area contributed by atoms with Gasteiger partial charge in [-0.05, 0) is 22.9 Å². The molecule has 2 aromatic heterocycles. The Labute approximate surface area is 193 Å². The van der Waals surface area contributed by atoms with Crippen molar-refractivity contribution in [2.45, 2.75) is 30.0 Å². The number of rotatable bonds is 8. The van der Waals surface area contributed by atoms with E-state index in [2.05, 4.69) is 25.9 Å². The molecule has 1 saturated heterocycles. The normalized spacial score (nSPS) is 19.8. The van der Waals surface area contributed by atoms with Crippen molar-refractivity contribution in [3.05, 3.63) is 33.3 Å². The maximum absolute atomic E-state index is 12.8. The number of β-lactam (4-membered cyclic amide) rings is 1. The second kappa shape index (κ2) is 8.81. The molecule has 4 heterocycles. The molecule has 0 saturated carbocycles. The zero-order valence-corrected chi connectivity index (χ0v) is 18.9. The first kappa shape index (κ1) is 22.7. The Hall–Kier alpha value is -3.47. The molecule has 17 heteroatoms. The van der Waals surface area contributed by atoms with Crippen LogP contribution in [-0.2, 0) is 23.2 Å². The fraction of sp³-hybridized carbons (Fsp3) is 0.438.